The SMILES string of the molecule is N#Cc1c(N)nc2c(c1-c1cc3n(n1)CCCNC3)Cc1ccc(O)cc1-2. The molecule has 0 spiro atoms. The molecule has 7 nitrogen and oxygen atoms in total. The molecular weight excluding hydrogens is 340 g/mol. The number of aromatic hydroxyl groups is 1. The number of rotatable bonds is 1. The Hall–Kier alpha value is -3.37. The van der Waals surface area contributed by atoms with E-state index in [4.69, 9.17) is 10.8 Å². The molecule has 7 heteroatoms. The third-order valence-electron chi connectivity index (χ3n) is 5.30. The monoisotopic (exact) mass is 358 g/mol. The van der Waals surface area contributed by atoms with Crippen molar-refractivity contribution < 1.29 is 5.11 Å². The summed E-state index contributed by atoms with van der Waals surface area (Å²) in [6.45, 7) is 2.57. The van der Waals surface area contributed by atoms with Gasteiger partial charge < -0.3 is 16.2 Å². The molecule has 1 aromatic carbocycles. The summed E-state index contributed by atoms with van der Waals surface area (Å²) in [6, 6.07) is 9.53. The Balaban J connectivity index is 1.75. The van der Waals surface area contributed by atoms with Gasteiger partial charge in [0.05, 0.1) is 17.1 Å². The fraction of sp³-hybridized carbons (Fsp3) is 0.250. The maximum absolute atomic E-state index is 9.88. The fourth-order valence-electron chi connectivity index (χ4n) is 4.05. The van der Waals surface area contributed by atoms with Crippen molar-refractivity contribution in [1.29, 1.82) is 5.26 Å². The van der Waals surface area contributed by atoms with Gasteiger partial charge in [-0.05, 0) is 42.3 Å². The molecule has 134 valence electrons. The van der Waals surface area contributed by atoms with Crippen molar-refractivity contribution >= 4 is 5.82 Å². The van der Waals surface area contributed by atoms with E-state index in [1.807, 2.05) is 16.8 Å². The second kappa shape index (κ2) is 5.83. The summed E-state index contributed by atoms with van der Waals surface area (Å²) in [4.78, 5) is 4.49. The Kier molecular flexibility index (Phi) is 3.42. The highest BCUT2D eigenvalue weighted by atomic mass is 16.3. The molecule has 0 bridgehead atoms. The van der Waals surface area contributed by atoms with Crippen LogP contribution in [0, 0.1) is 11.3 Å². The van der Waals surface area contributed by atoms with Crippen LogP contribution in [0.15, 0.2) is 24.3 Å². The number of nitriles is 1. The minimum atomic E-state index is 0.188. The molecular formula is C20H18N6O. The molecule has 2 aromatic heterocycles. The van der Waals surface area contributed by atoms with E-state index in [0.29, 0.717) is 12.0 Å². The maximum atomic E-state index is 9.88. The van der Waals surface area contributed by atoms with E-state index < -0.39 is 0 Å². The largest absolute Gasteiger partial charge is 0.508 e. The number of pyridine rings is 1. The van der Waals surface area contributed by atoms with Gasteiger partial charge in [0.1, 0.15) is 23.2 Å². The van der Waals surface area contributed by atoms with Crippen LogP contribution in [0.2, 0.25) is 0 Å². The maximum Gasteiger partial charge on any atom is 0.142 e. The molecule has 0 amide bonds. The molecule has 0 atom stereocenters. The number of nitrogens with one attached hydrogen (secondary N) is 1. The Morgan fingerprint density at radius 3 is 3.04 bits per heavy atom. The summed E-state index contributed by atoms with van der Waals surface area (Å²) in [6.07, 6.45) is 1.66. The van der Waals surface area contributed by atoms with Crippen molar-refractivity contribution in [2.45, 2.75) is 25.9 Å². The first-order valence-electron chi connectivity index (χ1n) is 8.98. The third kappa shape index (κ3) is 2.38. The zero-order valence-electron chi connectivity index (χ0n) is 14.7. The first-order valence-corrected chi connectivity index (χ1v) is 8.98. The predicted octanol–water partition coefficient (Wildman–Crippen LogP) is 2.17. The highest BCUT2D eigenvalue weighted by Crippen LogP contribution is 2.44. The lowest BCUT2D eigenvalue weighted by molar-refractivity contribution is 0.475. The van der Waals surface area contributed by atoms with Crippen LogP contribution in [0.5, 0.6) is 5.75 Å². The van der Waals surface area contributed by atoms with E-state index in [2.05, 4.69) is 16.4 Å². The summed E-state index contributed by atoms with van der Waals surface area (Å²) in [5.74, 6) is 0.386. The molecule has 5 rings (SSSR count). The Morgan fingerprint density at radius 1 is 1.30 bits per heavy atom. The van der Waals surface area contributed by atoms with Gasteiger partial charge >= 0.3 is 0 Å². The van der Waals surface area contributed by atoms with Crippen molar-refractivity contribution in [2.75, 3.05) is 12.3 Å². The molecule has 1 aliphatic carbocycles. The molecule has 27 heavy (non-hydrogen) atoms. The number of hydrogen-bond donors (Lipinski definition) is 3. The molecule has 1 aliphatic heterocycles. The highest BCUT2D eigenvalue weighted by Gasteiger charge is 2.29. The highest BCUT2D eigenvalue weighted by molar-refractivity contribution is 5.87. The van der Waals surface area contributed by atoms with Crippen LogP contribution in [0.25, 0.3) is 22.5 Å². The van der Waals surface area contributed by atoms with Gasteiger partial charge in [-0.3, -0.25) is 4.68 Å². The average molecular weight is 358 g/mol. The van der Waals surface area contributed by atoms with Crippen LogP contribution in [-0.2, 0) is 19.5 Å². The molecule has 3 heterocycles. The first-order chi connectivity index (χ1) is 13.2. The van der Waals surface area contributed by atoms with Crippen molar-refractivity contribution in [3.63, 3.8) is 0 Å². The number of benzene rings is 1. The summed E-state index contributed by atoms with van der Waals surface area (Å²) in [5.41, 5.74) is 12.7. The van der Waals surface area contributed by atoms with E-state index in [9.17, 15) is 10.4 Å². The van der Waals surface area contributed by atoms with E-state index in [1.54, 1.807) is 12.1 Å². The van der Waals surface area contributed by atoms with E-state index in [0.717, 1.165) is 65.4 Å². The number of phenolic OH excluding ortho intramolecular Hbond substituents is 1. The number of nitrogens with two attached hydrogens (primary N) is 1. The van der Waals surface area contributed by atoms with Crippen LogP contribution in [0.4, 0.5) is 5.82 Å². The van der Waals surface area contributed by atoms with Gasteiger partial charge in [-0.15, -0.1) is 0 Å². The number of fused-ring (bicyclic) bond motifs is 4. The molecule has 2 aliphatic rings. The van der Waals surface area contributed by atoms with E-state index in [1.165, 1.54) is 0 Å². The summed E-state index contributed by atoms with van der Waals surface area (Å²) in [7, 11) is 0. The van der Waals surface area contributed by atoms with Crippen molar-refractivity contribution in [2.24, 2.45) is 0 Å². The van der Waals surface area contributed by atoms with Gasteiger partial charge in [0, 0.05) is 30.6 Å². The summed E-state index contributed by atoms with van der Waals surface area (Å²) >= 11 is 0. The van der Waals surface area contributed by atoms with Gasteiger partial charge in [-0.1, -0.05) is 6.07 Å². The summed E-state index contributed by atoms with van der Waals surface area (Å²) in [5, 5.41) is 27.8. The number of hydrogen-bond acceptors (Lipinski definition) is 6. The predicted molar refractivity (Wildman–Crippen MR) is 101 cm³/mol. The minimum absolute atomic E-state index is 0.188. The number of nitrogen functional groups attached to an aromatic ring is 1. The van der Waals surface area contributed by atoms with Gasteiger partial charge in [0.2, 0.25) is 0 Å². The Morgan fingerprint density at radius 2 is 2.19 bits per heavy atom. The normalized spacial score (nSPS) is 14.8. The van der Waals surface area contributed by atoms with E-state index in [-0.39, 0.29) is 11.6 Å². The Labute approximate surface area is 156 Å². The van der Waals surface area contributed by atoms with Crippen LogP contribution >= 0.6 is 0 Å². The number of nitrogens with zero attached hydrogens (tertiary/aromatic N) is 4. The van der Waals surface area contributed by atoms with Crippen molar-refractivity contribution in [3.05, 3.63) is 46.6 Å². The zero-order valence-corrected chi connectivity index (χ0v) is 14.7. The number of aromatic nitrogens is 3. The average Bonchev–Trinajstić information content (AvgIpc) is 3.14. The van der Waals surface area contributed by atoms with Crippen molar-refractivity contribution in [1.82, 2.24) is 20.1 Å². The van der Waals surface area contributed by atoms with Crippen LogP contribution in [0.1, 0.15) is 28.8 Å². The fourth-order valence-corrected chi connectivity index (χ4v) is 4.05. The molecule has 4 N–H and O–H groups in total. The minimum Gasteiger partial charge on any atom is -0.508 e. The number of anilines is 1. The molecule has 0 saturated heterocycles. The van der Waals surface area contributed by atoms with E-state index >= 15 is 0 Å². The molecule has 0 saturated carbocycles. The lowest BCUT2D eigenvalue weighted by atomic mass is 9.97. The Bertz CT molecular complexity index is 1100. The smallest absolute Gasteiger partial charge is 0.142 e. The van der Waals surface area contributed by atoms with Crippen LogP contribution in [0.3, 0.4) is 0 Å². The molecule has 3 aromatic rings. The van der Waals surface area contributed by atoms with Crippen LogP contribution < -0.4 is 11.1 Å². The van der Waals surface area contributed by atoms with Gasteiger partial charge in [-0.25, -0.2) is 4.98 Å². The van der Waals surface area contributed by atoms with Gasteiger partial charge in [0.25, 0.3) is 0 Å². The quantitative estimate of drug-likeness (QED) is 0.481. The van der Waals surface area contributed by atoms with Gasteiger partial charge in [0.15, 0.2) is 0 Å². The standard InChI is InChI=1S/C20H18N6O/c21-9-16-18(17-7-12-10-23-4-1-5-26(12)25-17)15-6-11-2-3-13(27)8-14(11)19(15)24-20(16)22/h2-3,7-8,23,27H,1,4-6,10H2,(H2,22,24). The van der Waals surface area contributed by atoms with Crippen molar-refractivity contribution in [3.8, 4) is 34.3 Å². The second-order valence-corrected chi connectivity index (χ2v) is 6.98. The lowest BCUT2D eigenvalue weighted by Gasteiger charge is -2.11. The van der Waals surface area contributed by atoms with Crippen LogP contribution in [-0.4, -0.2) is 26.4 Å². The molecule has 0 unspecified atom stereocenters. The second-order valence-electron chi connectivity index (χ2n) is 6.98. The third-order valence-corrected chi connectivity index (χ3v) is 5.30. The summed E-state index contributed by atoms with van der Waals surface area (Å²) < 4.78 is 2.01. The lowest BCUT2D eigenvalue weighted by Crippen LogP contribution is -2.11. The topological polar surface area (TPSA) is 113 Å². The number of phenols is 1. The first kappa shape index (κ1) is 15.9. The molecule has 0 fully saturated rings. The molecule has 0 radical (unpaired) electrons. The zero-order chi connectivity index (χ0) is 18.5. The van der Waals surface area contributed by atoms with Gasteiger partial charge in [-0.2, -0.15) is 10.4 Å². The number of aryl methyl sites for hydroxylation is 1.